The minimum atomic E-state index is -1.06. The number of ether oxygens (including phenoxy) is 4. The molecule has 1 rings (SSSR count). The van der Waals surface area contributed by atoms with Crippen molar-refractivity contribution in [3.63, 3.8) is 0 Å². The zero-order valence-corrected chi connectivity index (χ0v) is 17.9. The maximum atomic E-state index is 12.4. The summed E-state index contributed by atoms with van der Waals surface area (Å²) in [5, 5.41) is 9.40. The summed E-state index contributed by atoms with van der Waals surface area (Å²) >= 11 is 0. The Bertz CT molecular complexity index is 704. The van der Waals surface area contributed by atoms with Gasteiger partial charge in [0.2, 0.25) is 0 Å². The molecule has 0 amide bonds. The van der Waals surface area contributed by atoms with Crippen LogP contribution in [-0.4, -0.2) is 36.9 Å². The van der Waals surface area contributed by atoms with Crippen LogP contribution in [0.1, 0.15) is 52.0 Å². The molecular weight excluding hydrogens is 400 g/mol. The molecule has 0 saturated heterocycles. The van der Waals surface area contributed by atoms with Crippen molar-refractivity contribution in [2.75, 3.05) is 19.8 Å². The Balaban J connectivity index is 0.00000161. The molecule has 0 unspecified atom stereocenters. The van der Waals surface area contributed by atoms with Gasteiger partial charge in [-0.3, -0.25) is 0 Å². The average Bonchev–Trinajstić information content (AvgIpc) is 2.76. The number of rotatable bonds is 16. The largest absolute Gasteiger partial charge is 0.502 e. The smallest absolute Gasteiger partial charge is 0.338 e. The molecule has 0 saturated carbocycles. The standard InChI is InChI=1S/C20H26O6.C4H6O/c1-3-24-13-6-5-10-16-17(19(21)22)11-9-12-18(16)20(23)26-15-8-7-14-25-4-2;1-3-5-4-2/h3-4,9,11-12H,1-2,5-8,10,13-15H2,(H,21,22);3-4H,1-2H2. The fourth-order valence-corrected chi connectivity index (χ4v) is 2.50. The Labute approximate surface area is 184 Å². The maximum Gasteiger partial charge on any atom is 0.338 e. The lowest BCUT2D eigenvalue weighted by molar-refractivity contribution is 0.0490. The third-order valence-electron chi connectivity index (χ3n) is 3.88. The number of hydrogen-bond acceptors (Lipinski definition) is 6. The molecule has 0 heterocycles. The second-order valence-corrected chi connectivity index (χ2v) is 5.98. The van der Waals surface area contributed by atoms with Gasteiger partial charge in [-0.25, -0.2) is 9.59 Å². The first-order valence-electron chi connectivity index (χ1n) is 9.88. The van der Waals surface area contributed by atoms with Gasteiger partial charge in [0, 0.05) is 0 Å². The van der Waals surface area contributed by atoms with Crippen molar-refractivity contribution in [2.24, 2.45) is 0 Å². The Morgan fingerprint density at radius 3 is 1.87 bits per heavy atom. The van der Waals surface area contributed by atoms with Gasteiger partial charge >= 0.3 is 11.9 Å². The molecule has 7 heteroatoms. The van der Waals surface area contributed by atoms with E-state index in [4.69, 9.17) is 14.2 Å². The van der Waals surface area contributed by atoms with Crippen molar-refractivity contribution < 1.29 is 33.6 Å². The number of benzene rings is 1. The molecule has 0 atom stereocenters. The van der Waals surface area contributed by atoms with Crippen molar-refractivity contribution in [1.29, 1.82) is 0 Å². The molecule has 0 aliphatic carbocycles. The van der Waals surface area contributed by atoms with Gasteiger partial charge in [-0.15, -0.1) is 0 Å². The van der Waals surface area contributed by atoms with Gasteiger partial charge in [0.05, 0.1) is 56.0 Å². The molecular formula is C24H32O7. The highest BCUT2D eigenvalue weighted by Gasteiger charge is 2.19. The first kappa shape index (κ1) is 27.5. The van der Waals surface area contributed by atoms with Gasteiger partial charge in [0.15, 0.2) is 0 Å². The van der Waals surface area contributed by atoms with E-state index in [0.717, 1.165) is 12.8 Å². The highest BCUT2D eigenvalue weighted by Crippen LogP contribution is 2.19. The molecule has 0 aliphatic heterocycles. The zero-order valence-electron chi connectivity index (χ0n) is 17.9. The van der Waals surface area contributed by atoms with Crippen LogP contribution in [-0.2, 0) is 25.4 Å². The SMILES string of the molecule is C=COC=C.C=COCCCCOC(=O)c1cccc(C(=O)O)c1CCCCOC=C. The van der Waals surface area contributed by atoms with Crippen LogP contribution in [0.4, 0.5) is 0 Å². The molecule has 7 nitrogen and oxygen atoms in total. The summed E-state index contributed by atoms with van der Waals surface area (Å²) in [7, 11) is 0. The van der Waals surface area contributed by atoms with E-state index >= 15 is 0 Å². The molecule has 0 radical (unpaired) electrons. The third-order valence-corrected chi connectivity index (χ3v) is 3.88. The highest BCUT2D eigenvalue weighted by atomic mass is 16.5. The van der Waals surface area contributed by atoms with E-state index in [-0.39, 0.29) is 12.2 Å². The average molecular weight is 433 g/mol. The lowest BCUT2D eigenvalue weighted by Gasteiger charge is -2.12. The van der Waals surface area contributed by atoms with E-state index in [0.29, 0.717) is 43.6 Å². The number of unbranched alkanes of at least 4 members (excludes halogenated alkanes) is 2. The van der Waals surface area contributed by atoms with Gasteiger partial charge < -0.3 is 24.1 Å². The minimum absolute atomic E-state index is 0.128. The second kappa shape index (κ2) is 18.5. The van der Waals surface area contributed by atoms with E-state index in [1.54, 1.807) is 12.1 Å². The van der Waals surface area contributed by atoms with Crippen LogP contribution < -0.4 is 0 Å². The third kappa shape index (κ3) is 12.6. The Morgan fingerprint density at radius 1 is 0.806 bits per heavy atom. The zero-order chi connectivity index (χ0) is 23.3. The molecule has 1 N–H and O–H groups in total. The summed E-state index contributed by atoms with van der Waals surface area (Å²) in [5.41, 5.74) is 0.930. The van der Waals surface area contributed by atoms with Crippen LogP contribution in [0, 0.1) is 0 Å². The molecule has 0 bridgehead atoms. The number of carbonyl (C=O) groups excluding carboxylic acids is 1. The molecule has 0 aliphatic rings. The van der Waals surface area contributed by atoms with Gasteiger partial charge in [-0.1, -0.05) is 32.4 Å². The number of carboxylic acid groups (broad SMARTS) is 1. The Kier molecular flexibility index (Phi) is 16.5. The van der Waals surface area contributed by atoms with E-state index in [1.807, 2.05) is 0 Å². The van der Waals surface area contributed by atoms with Gasteiger partial charge in [-0.2, -0.15) is 0 Å². The second-order valence-electron chi connectivity index (χ2n) is 5.98. The van der Waals surface area contributed by atoms with Gasteiger partial charge in [-0.05, 0) is 49.8 Å². The van der Waals surface area contributed by atoms with Crippen molar-refractivity contribution in [3.05, 3.63) is 86.3 Å². The van der Waals surface area contributed by atoms with Crippen molar-refractivity contribution in [3.8, 4) is 0 Å². The normalized spacial score (nSPS) is 9.29. The molecule has 0 aromatic heterocycles. The summed E-state index contributed by atoms with van der Waals surface area (Å²) in [5.74, 6) is -1.56. The molecule has 31 heavy (non-hydrogen) atoms. The van der Waals surface area contributed by atoms with Crippen molar-refractivity contribution in [2.45, 2.75) is 32.1 Å². The fourth-order valence-electron chi connectivity index (χ4n) is 2.50. The van der Waals surface area contributed by atoms with Crippen LogP contribution >= 0.6 is 0 Å². The summed E-state index contributed by atoms with van der Waals surface area (Å²) in [4.78, 5) is 23.8. The van der Waals surface area contributed by atoms with Gasteiger partial charge in [0.1, 0.15) is 0 Å². The Hall–Kier alpha value is -3.48. The van der Waals surface area contributed by atoms with Crippen LogP contribution in [0.5, 0.6) is 0 Å². The predicted octanol–water partition coefficient (Wildman–Crippen LogP) is 5.25. The molecule has 1 aromatic carbocycles. The van der Waals surface area contributed by atoms with E-state index in [9.17, 15) is 14.7 Å². The first-order valence-corrected chi connectivity index (χ1v) is 9.88. The van der Waals surface area contributed by atoms with Crippen LogP contribution in [0.3, 0.4) is 0 Å². The highest BCUT2D eigenvalue weighted by molar-refractivity contribution is 5.97. The topological polar surface area (TPSA) is 91.3 Å². The minimum Gasteiger partial charge on any atom is -0.502 e. The number of aromatic carboxylic acids is 1. The lowest BCUT2D eigenvalue weighted by Crippen LogP contribution is -2.14. The van der Waals surface area contributed by atoms with Crippen LogP contribution in [0.2, 0.25) is 0 Å². The van der Waals surface area contributed by atoms with E-state index < -0.39 is 11.9 Å². The summed E-state index contributed by atoms with van der Waals surface area (Å²) in [6, 6.07) is 4.66. The van der Waals surface area contributed by atoms with Crippen molar-refractivity contribution >= 4 is 11.9 Å². The maximum absolute atomic E-state index is 12.4. The quantitative estimate of drug-likeness (QED) is 0.217. The number of hydrogen-bond donors (Lipinski definition) is 1. The molecule has 1 aromatic rings. The lowest BCUT2D eigenvalue weighted by atomic mass is 9.96. The summed E-state index contributed by atoms with van der Waals surface area (Å²) < 4.78 is 19.7. The summed E-state index contributed by atoms with van der Waals surface area (Å²) in [6.07, 6.45) is 8.65. The number of esters is 1. The Morgan fingerprint density at radius 2 is 1.35 bits per heavy atom. The fraction of sp³-hybridized carbons (Fsp3) is 0.333. The van der Waals surface area contributed by atoms with Crippen molar-refractivity contribution in [1.82, 2.24) is 0 Å². The van der Waals surface area contributed by atoms with Crippen LogP contribution in [0.15, 0.2) is 69.6 Å². The number of carbonyl (C=O) groups is 2. The predicted molar refractivity (Wildman–Crippen MR) is 120 cm³/mol. The number of carboxylic acids is 1. The first-order chi connectivity index (χ1) is 15.0. The van der Waals surface area contributed by atoms with E-state index in [2.05, 4.69) is 31.1 Å². The van der Waals surface area contributed by atoms with E-state index in [1.165, 1.54) is 31.1 Å². The monoisotopic (exact) mass is 432 g/mol. The molecule has 170 valence electrons. The molecule has 0 fully saturated rings. The summed E-state index contributed by atoms with van der Waals surface area (Å²) in [6.45, 7) is 14.7. The van der Waals surface area contributed by atoms with Gasteiger partial charge in [0.25, 0.3) is 0 Å². The van der Waals surface area contributed by atoms with Crippen LogP contribution in [0.25, 0.3) is 0 Å². The molecule has 0 spiro atoms.